The quantitative estimate of drug-likeness (QED) is 0.691. The lowest BCUT2D eigenvalue weighted by molar-refractivity contribution is 0.244. The fourth-order valence-electron chi connectivity index (χ4n) is 3.83. The minimum Gasteiger partial charge on any atom is -0.323 e. The van der Waals surface area contributed by atoms with Gasteiger partial charge in [-0.05, 0) is 68.5 Å². The molecule has 0 spiro atoms. The smallest absolute Gasteiger partial charge is 0.150 e. The number of pyridine rings is 1. The number of likely N-dealkylation sites (tertiary alicyclic amines) is 1. The zero-order valence-electron chi connectivity index (χ0n) is 16.8. The number of aryl methyl sites for hydroxylation is 3. The second-order valence-electron chi connectivity index (χ2n) is 7.67. The highest BCUT2D eigenvalue weighted by Crippen LogP contribution is 2.32. The van der Waals surface area contributed by atoms with Gasteiger partial charge in [-0.25, -0.2) is 9.97 Å². The van der Waals surface area contributed by atoms with E-state index in [1.165, 1.54) is 23.1 Å². The zero-order chi connectivity index (χ0) is 19.5. The van der Waals surface area contributed by atoms with Crippen molar-refractivity contribution in [3.8, 4) is 0 Å². The van der Waals surface area contributed by atoms with E-state index >= 15 is 0 Å². The van der Waals surface area contributed by atoms with Gasteiger partial charge in [0.25, 0.3) is 0 Å². The summed E-state index contributed by atoms with van der Waals surface area (Å²) in [7, 11) is 0. The summed E-state index contributed by atoms with van der Waals surface area (Å²) in [6.45, 7) is 8.42. The molecule has 144 valence electrons. The number of anilines is 2. The third kappa shape index (κ3) is 4.04. The van der Waals surface area contributed by atoms with Crippen LogP contribution in [0.5, 0.6) is 0 Å². The SMILES string of the molecule is Cc1ccc(CN2CCC[C@@H]2c2cncc(Nc3ncccc3C)n2)cc1C. The Hall–Kier alpha value is -2.79. The lowest BCUT2D eigenvalue weighted by Gasteiger charge is -2.24. The summed E-state index contributed by atoms with van der Waals surface area (Å²) < 4.78 is 0. The predicted octanol–water partition coefficient (Wildman–Crippen LogP) is 4.88. The molecule has 0 saturated carbocycles. The van der Waals surface area contributed by atoms with Crippen LogP contribution in [-0.4, -0.2) is 26.4 Å². The molecule has 1 atom stereocenters. The molecule has 0 radical (unpaired) electrons. The Balaban J connectivity index is 1.52. The van der Waals surface area contributed by atoms with E-state index in [4.69, 9.17) is 4.98 Å². The van der Waals surface area contributed by atoms with Crippen LogP contribution in [0.4, 0.5) is 11.6 Å². The van der Waals surface area contributed by atoms with Crippen molar-refractivity contribution in [2.24, 2.45) is 0 Å². The van der Waals surface area contributed by atoms with E-state index in [0.717, 1.165) is 42.4 Å². The molecule has 2 aromatic heterocycles. The molecule has 5 nitrogen and oxygen atoms in total. The summed E-state index contributed by atoms with van der Waals surface area (Å²) >= 11 is 0. The summed E-state index contributed by atoms with van der Waals surface area (Å²) in [5, 5.41) is 3.31. The number of nitrogens with zero attached hydrogens (tertiary/aromatic N) is 4. The van der Waals surface area contributed by atoms with E-state index in [1.54, 1.807) is 12.4 Å². The Morgan fingerprint density at radius 2 is 1.96 bits per heavy atom. The van der Waals surface area contributed by atoms with Gasteiger partial charge in [-0.15, -0.1) is 0 Å². The minimum atomic E-state index is 0.306. The van der Waals surface area contributed by atoms with Gasteiger partial charge >= 0.3 is 0 Å². The Bertz CT molecular complexity index is 969. The van der Waals surface area contributed by atoms with E-state index in [9.17, 15) is 0 Å². The molecule has 4 rings (SSSR count). The maximum Gasteiger partial charge on any atom is 0.150 e. The molecule has 3 aromatic rings. The van der Waals surface area contributed by atoms with Gasteiger partial charge in [-0.1, -0.05) is 24.3 Å². The fraction of sp³-hybridized carbons (Fsp3) is 0.348. The first kappa shape index (κ1) is 18.6. The van der Waals surface area contributed by atoms with E-state index in [1.807, 2.05) is 25.3 Å². The maximum atomic E-state index is 4.86. The first-order chi connectivity index (χ1) is 13.6. The summed E-state index contributed by atoms with van der Waals surface area (Å²) in [6.07, 6.45) is 7.76. The molecule has 28 heavy (non-hydrogen) atoms. The van der Waals surface area contributed by atoms with Gasteiger partial charge in [-0.3, -0.25) is 9.88 Å². The van der Waals surface area contributed by atoms with Gasteiger partial charge < -0.3 is 5.32 Å². The highest BCUT2D eigenvalue weighted by atomic mass is 15.2. The van der Waals surface area contributed by atoms with E-state index in [0.29, 0.717) is 6.04 Å². The molecule has 1 aromatic carbocycles. The summed E-state index contributed by atoms with van der Waals surface area (Å²) in [5.74, 6) is 1.57. The molecule has 1 saturated heterocycles. The molecular weight excluding hydrogens is 346 g/mol. The summed E-state index contributed by atoms with van der Waals surface area (Å²) in [6, 6.07) is 11.0. The molecule has 1 aliphatic rings. The lowest BCUT2D eigenvalue weighted by atomic mass is 10.1. The molecule has 1 fully saturated rings. The van der Waals surface area contributed by atoms with Crippen LogP contribution in [0.3, 0.4) is 0 Å². The third-order valence-corrected chi connectivity index (χ3v) is 5.57. The van der Waals surface area contributed by atoms with Gasteiger partial charge in [0.05, 0.1) is 24.1 Å². The average molecular weight is 374 g/mol. The molecule has 0 unspecified atom stereocenters. The normalized spacial score (nSPS) is 17.0. The number of nitrogens with one attached hydrogen (secondary N) is 1. The Morgan fingerprint density at radius 3 is 2.79 bits per heavy atom. The minimum absolute atomic E-state index is 0.306. The van der Waals surface area contributed by atoms with Gasteiger partial charge in [0.15, 0.2) is 0 Å². The maximum absolute atomic E-state index is 4.86. The molecule has 1 aliphatic heterocycles. The van der Waals surface area contributed by atoms with Crippen molar-refractivity contribution in [3.63, 3.8) is 0 Å². The molecule has 3 heterocycles. The molecule has 0 aliphatic carbocycles. The van der Waals surface area contributed by atoms with Crippen LogP contribution < -0.4 is 5.32 Å². The summed E-state index contributed by atoms with van der Waals surface area (Å²) in [5.41, 5.74) is 6.18. The van der Waals surface area contributed by atoms with Gasteiger partial charge in [0, 0.05) is 12.7 Å². The number of benzene rings is 1. The predicted molar refractivity (Wildman–Crippen MR) is 113 cm³/mol. The van der Waals surface area contributed by atoms with Crippen molar-refractivity contribution >= 4 is 11.6 Å². The number of hydrogen-bond donors (Lipinski definition) is 1. The van der Waals surface area contributed by atoms with Gasteiger partial charge in [-0.2, -0.15) is 0 Å². The van der Waals surface area contributed by atoms with E-state index < -0.39 is 0 Å². The largest absolute Gasteiger partial charge is 0.323 e. The van der Waals surface area contributed by atoms with Crippen LogP contribution in [0.1, 0.15) is 46.8 Å². The number of rotatable bonds is 5. The van der Waals surface area contributed by atoms with Crippen LogP contribution in [0.25, 0.3) is 0 Å². The van der Waals surface area contributed by atoms with Crippen molar-refractivity contribution in [2.75, 3.05) is 11.9 Å². The highest BCUT2D eigenvalue weighted by molar-refractivity contribution is 5.54. The highest BCUT2D eigenvalue weighted by Gasteiger charge is 2.27. The van der Waals surface area contributed by atoms with Crippen LogP contribution in [-0.2, 0) is 6.54 Å². The first-order valence-corrected chi connectivity index (χ1v) is 9.91. The monoisotopic (exact) mass is 373 g/mol. The molecule has 0 bridgehead atoms. The van der Waals surface area contributed by atoms with Crippen molar-refractivity contribution in [1.82, 2.24) is 19.9 Å². The Morgan fingerprint density at radius 1 is 1.07 bits per heavy atom. The third-order valence-electron chi connectivity index (χ3n) is 5.57. The van der Waals surface area contributed by atoms with Crippen molar-refractivity contribution < 1.29 is 0 Å². The number of hydrogen-bond acceptors (Lipinski definition) is 5. The van der Waals surface area contributed by atoms with Crippen molar-refractivity contribution in [1.29, 1.82) is 0 Å². The Labute approximate surface area is 166 Å². The van der Waals surface area contributed by atoms with Gasteiger partial charge in [0.1, 0.15) is 11.6 Å². The topological polar surface area (TPSA) is 53.9 Å². The lowest BCUT2D eigenvalue weighted by Crippen LogP contribution is -2.23. The van der Waals surface area contributed by atoms with Gasteiger partial charge in [0.2, 0.25) is 0 Å². The first-order valence-electron chi connectivity index (χ1n) is 9.91. The van der Waals surface area contributed by atoms with Crippen LogP contribution in [0.2, 0.25) is 0 Å². The number of aromatic nitrogens is 3. The molecule has 5 heteroatoms. The second-order valence-corrected chi connectivity index (χ2v) is 7.67. The second kappa shape index (κ2) is 8.07. The summed E-state index contributed by atoms with van der Waals surface area (Å²) in [4.78, 5) is 16.2. The van der Waals surface area contributed by atoms with Crippen molar-refractivity contribution in [3.05, 3.63) is 76.9 Å². The fourth-order valence-corrected chi connectivity index (χ4v) is 3.83. The van der Waals surface area contributed by atoms with E-state index in [-0.39, 0.29) is 0 Å². The molecular formula is C23H27N5. The van der Waals surface area contributed by atoms with Crippen LogP contribution >= 0.6 is 0 Å². The van der Waals surface area contributed by atoms with Crippen molar-refractivity contribution in [2.45, 2.75) is 46.2 Å². The van der Waals surface area contributed by atoms with Crippen LogP contribution in [0, 0.1) is 20.8 Å². The van der Waals surface area contributed by atoms with Crippen LogP contribution in [0.15, 0.2) is 48.9 Å². The van der Waals surface area contributed by atoms with E-state index in [2.05, 4.69) is 52.2 Å². The Kier molecular flexibility index (Phi) is 5.35. The zero-order valence-corrected chi connectivity index (χ0v) is 16.8. The molecule has 0 amide bonds. The standard InChI is InChI=1S/C23H27N5/c1-16-8-9-19(12-18(16)3)15-28-11-5-7-21(28)20-13-24-14-22(26-20)27-23-17(2)6-4-10-25-23/h4,6,8-10,12-14,21H,5,7,11,15H2,1-3H3,(H,25,26,27)/t21-/m1/s1. The average Bonchev–Trinajstić information content (AvgIpc) is 3.15. The molecule has 1 N–H and O–H groups in total.